The normalized spacial score (nSPS) is 41.1. The van der Waals surface area contributed by atoms with E-state index in [1.165, 1.54) is 19.3 Å². The maximum absolute atomic E-state index is 6.16. The Balaban J connectivity index is 2.10. The van der Waals surface area contributed by atoms with E-state index in [0.29, 0.717) is 0 Å². The van der Waals surface area contributed by atoms with Crippen LogP contribution in [-0.4, -0.2) is 43.3 Å². The van der Waals surface area contributed by atoms with Crippen molar-refractivity contribution < 1.29 is 4.74 Å². The Labute approximate surface area is 106 Å². The van der Waals surface area contributed by atoms with Gasteiger partial charge in [-0.2, -0.15) is 0 Å². The fourth-order valence-electron chi connectivity index (χ4n) is 4.01. The zero-order chi connectivity index (χ0) is 12.3. The van der Waals surface area contributed by atoms with Crippen LogP contribution < -0.4 is 5.73 Å². The molecule has 2 rings (SSSR count). The molecule has 1 heterocycles. The van der Waals surface area contributed by atoms with Gasteiger partial charge in [0.2, 0.25) is 0 Å². The third-order valence-electron chi connectivity index (χ3n) is 4.53. The quantitative estimate of drug-likeness (QED) is 0.801. The minimum Gasteiger partial charge on any atom is -0.380 e. The van der Waals surface area contributed by atoms with Crippen molar-refractivity contribution in [1.29, 1.82) is 0 Å². The molecule has 1 aliphatic carbocycles. The monoisotopic (exact) mass is 240 g/mol. The van der Waals surface area contributed by atoms with Gasteiger partial charge < -0.3 is 10.5 Å². The van der Waals surface area contributed by atoms with Gasteiger partial charge in [-0.3, -0.25) is 4.90 Å². The molecule has 2 unspecified atom stereocenters. The molecule has 2 fully saturated rings. The first-order valence-electron chi connectivity index (χ1n) is 7.19. The van der Waals surface area contributed by atoms with Gasteiger partial charge in [0.05, 0.1) is 6.61 Å². The topological polar surface area (TPSA) is 38.5 Å². The smallest absolute Gasteiger partial charge is 0.0593 e. The van der Waals surface area contributed by atoms with E-state index in [4.69, 9.17) is 10.5 Å². The van der Waals surface area contributed by atoms with Crippen LogP contribution in [0.5, 0.6) is 0 Å². The van der Waals surface area contributed by atoms with E-state index < -0.39 is 0 Å². The lowest BCUT2D eigenvalue weighted by molar-refractivity contribution is 0.0174. The Hall–Kier alpha value is -0.120. The van der Waals surface area contributed by atoms with Crippen LogP contribution in [0, 0.1) is 11.8 Å². The van der Waals surface area contributed by atoms with E-state index in [1.54, 1.807) is 0 Å². The molecular weight excluding hydrogens is 212 g/mol. The number of ether oxygens (including phenoxy) is 1. The number of hydrogen-bond acceptors (Lipinski definition) is 3. The van der Waals surface area contributed by atoms with Crippen molar-refractivity contribution in [1.82, 2.24) is 4.90 Å². The van der Waals surface area contributed by atoms with Gasteiger partial charge >= 0.3 is 0 Å². The molecule has 3 nitrogen and oxygen atoms in total. The summed E-state index contributed by atoms with van der Waals surface area (Å²) in [7, 11) is 0. The van der Waals surface area contributed by atoms with Crippen LogP contribution in [0.1, 0.15) is 39.5 Å². The van der Waals surface area contributed by atoms with Gasteiger partial charge in [0, 0.05) is 31.8 Å². The van der Waals surface area contributed by atoms with Crippen molar-refractivity contribution in [2.75, 3.05) is 32.8 Å². The lowest BCUT2D eigenvalue weighted by Crippen LogP contribution is -2.58. The Morgan fingerprint density at radius 3 is 2.53 bits per heavy atom. The van der Waals surface area contributed by atoms with E-state index >= 15 is 0 Å². The molecular formula is C14H28N2O. The summed E-state index contributed by atoms with van der Waals surface area (Å²) in [6.07, 6.45) is 5.07. The Morgan fingerprint density at radius 2 is 1.88 bits per heavy atom. The number of nitrogens with zero attached hydrogens (tertiary/aromatic N) is 1. The molecule has 2 aliphatic rings. The first-order valence-corrected chi connectivity index (χ1v) is 7.19. The molecule has 1 saturated heterocycles. The number of rotatable bonds is 2. The standard InChI is InChI=1S/C14H28N2O/c1-12-8-13(2)10-14(9-12,11-15)16-4-3-6-17-7-5-16/h12-13H,3-11,15H2,1-2H3. The molecule has 2 atom stereocenters. The summed E-state index contributed by atoms with van der Waals surface area (Å²) in [5.74, 6) is 1.62. The molecule has 3 heteroatoms. The van der Waals surface area contributed by atoms with E-state index in [-0.39, 0.29) is 5.54 Å². The molecule has 0 aromatic heterocycles. The minimum absolute atomic E-state index is 0.255. The Kier molecular flexibility index (Phi) is 4.45. The highest BCUT2D eigenvalue weighted by Crippen LogP contribution is 2.39. The highest BCUT2D eigenvalue weighted by Gasteiger charge is 2.41. The molecule has 0 bridgehead atoms. The van der Waals surface area contributed by atoms with Crippen molar-refractivity contribution in [2.24, 2.45) is 17.6 Å². The molecule has 0 aromatic rings. The van der Waals surface area contributed by atoms with Crippen molar-refractivity contribution in [2.45, 2.75) is 45.1 Å². The maximum Gasteiger partial charge on any atom is 0.0593 e. The van der Waals surface area contributed by atoms with Crippen LogP contribution in [0.15, 0.2) is 0 Å². The molecule has 1 saturated carbocycles. The van der Waals surface area contributed by atoms with Gasteiger partial charge in [0.25, 0.3) is 0 Å². The van der Waals surface area contributed by atoms with Crippen LogP contribution in [0.2, 0.25) is 0 Å². The van der Waals surface area contributed by atoms with E-state index in [9.17, 15) is 0 Å². The average Bonchev–Trinajstić information content (AvgIpc) is 2.56. The largest absolute Gasteiger partial charge is 0.380 e. The van der Waals surface area contributed by atoms with Gasteiger partial charge in [-0.1, -0.05) is 13.8 Å². The lowest BCUT2D eigenvalue weighted by atomic mass is 9.70. The highest BCUT2D eigenvalue weighted by molar-refractivity contribution is 4.98. The Morgan fingerprint density at radius 1 is 1.18 bits per heavy atom. The van der Waals surface area contributed by atoms with Gasteiger partial charge in [0.1, 0.15) is 0 Å². The zero-order valence-electron chi connectivity index (χ0n) is 11.5. The van der Waals surface area contributed by atoms with Crippen LogP contribution in [0.4, 0.5) is 0 Å². The predicted octanol–water partition coefficient (Wildman–Crippen LogP) is 1.86. The van der Waals surface area contributed by atoms with E-state index in [1.807, 2.05) is 0 Å². The second kappa shape index (κ2) is 5.68. The van der Waals surface area contributed by atoms with Crippen LogP contribution in [-0.2, 0) is 4.74 Å². The predicted molar refractivity (Wildman–Crippen MR) is 71.0 cm³/mol. The first-order chi connectivity index (χ1) is 8.16. The molecule has 17 heavy (non-hydrogen) atoms. The molecule has 0 aromatic carbocycles. The van der Waals surface area contributed by atoms with Crippen LogP contribution in [0.25, 0.3) is 0 Å². The summed E-state index contributed by atoms with van der Waals surface area (Å²) in [6.45, 7) is 9.60. The van der Waals surface area contributed by atoms with Crippen molar-refractivity contribution in [3.8, 4) is 0 Å². The summed E-state index contributed by atoms with van der Waals surface area (Å²) in [5.41, 5.74) is 6.42. The molecule has 1 aliphatic heterocycles. The maximum atomic E-state index is 6.16. The summed E-state index contributed by atoms with van der Waals surface area (Å²) in [4.78, 5) is 2.63. The third kappa shape index (κ3) is 3.01. The van der Waals surface area contributed by atoms with E-state index in [2.05, 4.69) is 18.7 Å². The zero-order valence-corrected chi connectivity index (χ0v) is 11.5. The summed E-state index contributed by atoms with van der Waals surface area (Å²) >= 11 is 0. The second-order valence-corrected chi connectivity index (χ2v) is 6.24. The van der Waals surface area contributed by atoms with Gasteiger partial charge in [-0.05, 0) is 37.5 Å². The fraction of sp³-hybridized carbons (Fsp3) is 1.00. The summed E-state index contributed by atoms with van der Waals surface area (Å²) in [6, 6.07) is 0. The van der Waals surface area contributed by atoms with Gasteiger partial charge in [-0.15, -0.1) is 0 Å². The number of nitrogens with two attached hydrogens (primary N) is 1. The van der Waals surface area contributed by atoms with Gasteiger partial charge in [0.15, 0.2) is 0 Å². The van der Waals surface area contributed by atoms with Crippen LogP contribution in [0.3, 0.4) is 0 Å². The second-order valence-electron chi connectivity index (χ2n) is 6.24. The first kappa shape index (κ1) is 13.3. The molecule has 0 spiro atoms. The third-order valence-corrected chi connectivity index (χ3v) is 4.53. The molecule has 0 radical (unpaired) electrons. The number of hydrogen-bond donors (Lipinski definition) is 1. The summed E-state index contributed by atoms with van der Waals surface area (Å²) in [5, 5.41) is 0. The fourth-order valence-corrected chi connectivity index (χ4v) is 4.01. The SMILES string of the molecule is CC1CC(C)CC(CN)(N2CCCOCC2)C1. The molecule has 100 valence electrons. The van der Waals surface area contributed by atoms with Crippen molar-refractivity contribution >= 4 is 0 Å². The van der Waals surface area contributed by atoms with Crippen molar-refractivity contribution in [3.63, 3.8) is 0 Å². The minimum atomic E-state index is 0.255. The van der Waals surface area contributed by atoms with Crippen LogP contribution >= 0.6 is 0 Å². The average molecular weight is 240 g/mol. The molecule has 0 amide bonds. The Bertz CT molecular complexity index is 226. The van der Waals surface area contributed by atoms with Crippen molar-refractivity contribution in [3.05, 3.63) is 0 Å². The van der Waals surface area contributed by atoms with Gasteiger partial charge in [-0.25, -0.2) is 0 Å². The van der Waals surface area contributed by atoms with E-state index in [0.717, 1.165) is 51.1 Å². The molecule has 2 N–H and O–H groups in total. The highest BCUT2D eigenvalue weighted by atomic mass is 16.5. The summed E-state index contributed by atoms with van der Waals surface area (Å²) < 4.78 is 5.58. The lowest BCUT2D eigenvalue weighted by Gasteiger charge is -2.49.